The fourth-order valence-corrected chi connectivity index (χ4v) is 4.19. The topological polar surface area (TPSA) is 92.6 Å². The molecule has 1 atom stereocenters. The van der Waals surface area contributed by atoms with E-state index in [0.717, 1.165) is 5.56 Å². The van der Waals surface area contributed by atoms with E-state index in [0.29, 0.717) is 15.6 Å². The largest absolute Gasteiger partial charge is 0.352 e. The van der Waals surface area contributed by atoms with Crippen molar-refractivity contribution in [3.05, 3.63) is 110 Å². The predicted octanol–water partition coefficient (Wildman–Crippen LogP) is 5.61. The number of nitrogens with zero attached hydrogens (tertiary/aromatic N) is 2. The van der Waals surface area contributed by atoms with Crippen LogP contribution >= 0.6 is 23.2 Å². The van der Waals surface area contributed by atoms with Crippen LogP contribution < -0.4 is 5.32 Å². The smallest absolute Gasteiger partial charge is 0.273 e. The number of nitrogens with one attached hydrogen (secondary N) is 1. The highest BCUT2D eigenvalue weighted by atomic mass is 35.5. The van der Waals surface area contributed by atoms with Crippen LogP contribution in [0.3, 0.4) is 0 Å². The Morgan fingerprint density at radius 3 is 2.25 bits per heavy atom. The summed E-state index contributed by atoms with van der Waals surface area (Å²) in [5.41, 5.74) is 1.68. The average Bonchev–Trinajstić information content (AvgIpc) is 2.83. The fraction of sp³-hybridized carbons (Fsp3) is 0.259. The summed E-state index contributed by atoms with van der Waals surface area (Å²) < 4.78 is 0. The molecule has 9 heteroatoms. The number of rotatable bonds is 10. The quantitative estimate of drug-likeness (QED) is 0.274. The van der Waals surface area contributed by atoms with Crippen molar-refractivity contribution in [3.8, 4) is 0 Å². The Hall–Kier alpha value is -3.42. The molecule has 7 nitrogen and oxygen atoms in total. The normalized spacial score (nSPS) is 11.7. The summed E-state index contributed by atoms with van der Waals surface area (Å²) in [6.45, 7) is 3.76. The van der Waals surface area contributed by atoms with E-state index >= 15 is 0 Å². The van der Waals surface area contributed by atoms with Gasteiger partial charge in [-0.1, -0.05) is 77.8 Å². The Balaban J connectivity index is 2.03. The third-order valence-electron chi connectivity index (χ3n) is 5.57. The van der Waals surface area contributed by atoms with Crippen LogP contribution in [0.4, 0.5) is 5.69 Å². The van der Waals surface area contributed by atoms with E-state index in [-0.39, 0.29) is 42.6 Å². The van der Waals surface area contributed by atoms with Crippen molar-refractivity contribution in [2.24, 2.45) is 0 Å². The molecule has 0 fully saturated rings. The Morgan fingerprint density at radius 2 is 1.61 bits per heavy atom. The lowest BCUT2D eigenvalue weighted by Crippen LogP contribution is -2.52. The van der Waals surface area contributed by atoms with Crippen molar-refractivity contribution in [3.63, 3.8) is 0 Å². The molecule has 0 unspecified atom stereocenters. The number of carbonyl (C=O) groups excluding carboxylic acids is 2. The average molecular weight is 528 g/mol. The fourth-order valence-electron chi connectivity index (χ4n) is 3.87. The van der Waals surface area contributed by atoms with Crippen molar-refractivity contribution < 1.29 is 14.5 Å². The minimum absolute atomic E-state index is 0.0688. The molecule has 0 aliphatic carbocycles. The lowest BCUT2D eigenvalue weighted by molar-refractivity contribution is -0.385. The van der Waals surface area contributed by atoms with Crippen LogP contribution in [-0.4, -0.2) is 33.7 Å². The van der Waals surface area contributed by atoms with Gasteiger partial charge in [0.15, 0.2) is 0 Å². The second-order valence-electron chi connectivity index (χ2n) is 8.70. The van der Waals surface area contributed by atoms with Gasteiger partial charge in [-0.05, 0) is 37.1 Å². The van der Waals surface area contributed by atoms with Gasteiger partial charge in [0.25, 0.3) is 5.69 Å². The number of carbonyl (C=O) groups is 2. The Labute approximate surface area is 220 Å². The first-order valence-electron chi connectivity index (χ1n) is 11.5. The molecule has 1 N–H and O–H groups in total. The molecular formula is C27H27Cl2N3O4. The SMILES string of the molecule is CC(C)NC(=O)[C@H](Cc1ccccc1)N(Cc1ccc(Cl)c(Cl)c1)C(=O)Cc1ccccc1[N+](=O)[O-]. The van der Waals surface area contributed by atoms with Crippen LogP contribution in [0.5, 0.6) is 0 Å². The van der Waals surface area contributed by atoms with E-state index in [2.05, 4.69) is 5.32 Å². The lowest BCUT2D eigenvalue weighted by atomic mass is 10.0. The van der Waals surface area contributed by atoms with Gasteiger partial charge >= 0.3 is 0 Å². The molecule has 3 aromatic carbocycles. The predicted molar refractivity (Wildman–Crippen MR) is 141 cm³/mol. The molecule has 0 saturated heterocycles. The number of hydrogen-bond acceptors (Lipinski definition) is 4. The summed E-state index contributed by atoms with van der Waals surface area (Å²) in [6.07, 6.45) is 0.0298. The zero-order valence-corrected chi connectivity index (χ0v) is 21.5. The molecule has 3 rings (SSSR count). The zero-order valence-electron chi connectivity index (χ0n) is 20.0. The molecule has 188 valence electrons. The second-order valence-corrected chi connectivity index (χ2v) is 9.52. The molecule has 0 heterocycles. The molecule has 0 radical (unpaired) electrons. The number of halogens is 2. The number of benzene rings is 3. The summed E-state index contributed by atoms with van der Waals surface area (Å²) >= 11 is 12.3. The van der Waals surface area contributed by atoms with E-state index < -0.39 is 16.9 Å². The molecule has 0 spiro atoms. The number of nitro groups is 1. The minimum Gasteiger partial charge on any atom is -0.352 e. The van der Waals surface area contributed by atoms with E-state index in [1.807, 2.05) is 44.2 Å². The van der Waals surface area contributed by atoms with Gasteiger partial charge in [0.05, 0.1) is 21.4 Å². The molecule has 0 aliphatic rings. The van der Waals surface area contributed by atoms with Gasteiger partial charge in [0.2, 0.25) is 11.8 Å². The zero-order chi connectivity index (χ0) is 26.2. The number of para-hydroxylation sites is 1. The van der Waals surface area contributed by atoms with Crippen LogP contribution in [0.1, 0.15) is 30.5 Å². The highest BCUT2D eigenvalue weighted by molar-refractivity contribution is 6.42. The van der Waals surface area contributed by atoms with Crippen molar-refractivity contribution in [2.75, 3.05) is 0 Å². The van der Waals surface area contributed by atoms with Crippen LogP contribution in [0, 0.1) is 10.1 Å². The Morgan fingerprint density at radius 1 is 0.944 bits per heavy atom. The second kappa shape index (κ2) is 12.5. The first-order chi connectivity index (χ1) is 17.2. The maximum absolute atomic E-state index is 13.7. The highest BCUT2D eigenvalue weighted by Crippen LogP contribution is 2.25. The number of nitro benzene ring substituents is 1. The van der Waals surface area contributed by atoms with Gasteiger partial charge in [0, 0.05) is 30.6 Å². The van der Waals surface area contributed by atoms with Gasteiger partial charge in [-0.2, -0.15) is 0 Å². The van der Waals surface area contributed by atoms with Gasteiger partial charge in [0.1, 0.15) is 6.04 Å². The van der Waals surface area contributed by atoms with E-state index in [9.17, 15) is 19.7 Å². The summed E-state index contributed by atoms with van der Waals surface area (Å²) in [6, 6.07) is 19.5. The molecule has 2 amide bonds. The molecule has 3 aromatic rings. The van der Waals surface area contributed by atoms with Crippen LogP contribution in [-0.2, 0) is 29.0 Å². The summed E-state index contributed by atoms with van der Waals surface area (Å²) in [5, 5.41) is 15.1. The van der Waals surface area contributed by atoms with Crippen molar-refractivity contribution in [1.82, 2.24) is 10.2 Å². The lowest BCUT2D eigenvalue weighted by Gasteiger charge is -2.32. The van der Waals surface area contributed by atoms with Crippen LogP contribution in [0.25, 0.3) is 0 Å². The molecular weight excluding hydrogens is 501 g/mol. The van der Waals surface area contributed by atoms with E-state index in [1.54, 1.807) is 36.4 Å². The minimum atomic E-state index is -0.862. The van der Waals surface area contributed by atoms with Crippen LogP contribution in [0.15, 0.2) is 72.8 Å². The van der Waals surface area contributed by atoms with Crippen LogP contribution in [0.2, 0.25) is 10.0 Å². The maximum Gasteiger partial charge on any atom is 0.273 e. The van der Waals surface area contributed by atoms with Gasteiger partial charge in [-0.15, -0.1) is 0 Å². The summed E-state index contributed by atoms with van der Waals surface area (Å²) in [5.74, 6) is -0.736. The molecule has 0 bridgehead atoms. The first-order valence-corrected chi connectivity index (χ1v) is 12.2. The third kappa shape index (κ3) is 7.29. The summed E-state index contributed by atoms with van der Waals surface area (Å²) in [4.78, 5) is 39.6. The number of amides is 2. The molecule has 0 aromatic heterocycles. The molecule has 36 heavy (non-hydrogen) atoms. The van der Waals surface area contributed by atoms with Crippen molar-refractivity contribution in [2.45, 2.75) is 45.3 Å². The number of hydrogen-bond donors (Lipinski definition) is 1. The Bertz CT molecular complexity index is 1230. The van der Waals surface area contributed by atoms with Crippen molar-refractivity contribution in [1.29, 1.82) is 0 Å². The van der Waals surface area contributed by atoms with E-state index in [4.69, 9.17) is 23.2 Å². The monoisotopic (exact) mass is 527 g/mol. The van der Waals surface area contributed by atoms with E-state index in [1.165, 1.54) is 11.0 Å². The first kappa shape index (κ1) is 27.2. The maximum atomic E-state index is 13.7. The molecule has 0 saturated carbocycles. The van der Waals surface area contributed by atoms with Gasteiger partial charge in [-0.3, -0.25) is 19.7 Å². The standard InChI is InChI=1S/C27H27Cl2N3O4/c1-18(2)30-27(34)25(15-19-8-4-3-5-9-19)31(17-20-12-13-22(28)23(29)14-20)26(33)16-21-10-6-7-11-24(21)32(35)36/h3-14,18,25H,15-17H2,1-2H3,(H,30,34)/t25-/m0/s1. The molecule has 0 aliphatic heterocycles. The van der Waals surface area contributed by atoms with Gasteiger partial charge < -0.3 is 10.2 Å². The Kier molecular flexibility index (Phi) is 9.44. The third-order valence-corrected chi connectivity index (χ3v) is 6.31. The highest BCUT2D eigenvalue weighted by Gasteiger charge is 2.32. The summed E-state index contributed by atoms with van der Waals surface area (Å²) in [7, 11) is 0. The van der Waals surface area contributed by atoms with Gasteiger partial charge in [-0.25, -0.2) is 0 Å². The van der Waals surface area contributed by atoms with Crippen molar-refractivity contribution >= 4 is 40.7 Å².